The third-order valence-electron chi connectivity index (χ3n) is 6.36. The summed E-state index contributed by atoms with van der Waals surface area (Å²) in [6, 6.07) is 7.72. The van der Waals surface area contributed by atoms with Crippen LogP contribution in [0.25, 0.3) is 0 Å². The van der Waals surface area contributed by atoms with Gasteiger partial charge >= 0.3 is 6.09 Å². The predicted molar refractivity (Wildman–Crippen MR) is 91.4 cm³/mol. The summed E-state index contributed by atoms with van der Waals surface area (Å²) in [5, 5.41) is 0. The topological polar surface area (TPSA) is 70.2 Å². The maximum absolute atomic E-state index is 13.0. The van der Waals surface area contributed by atoms with Gasteiger partial charge in [0.25, 0.3) is 0 Å². The van der Waals surface area contributed by atoms with Gasteiger partial charge in [0.15, 0.2) is 0 Å². The van der Waals surface area contributed by atoms with E-state index >= 15 is 0 Å². The minimum atomic E-state index is -0.537. The summed E-state index contributed by atoms with van der Waals surface area (Å²) < 4.78 is 4.96. The van der Waals surface area contributed by atoms with E-state index in [2.05, 4.69) is 6.07 Å². The van der Waals surface area contributed by atoms with E-state index in [-0.39, 0.29) is 36.4 Å². The third kappa shape index (κ3) is 2.09. The number of amides is 3. The standard InChI is InChI=1S/C19H21N3O4/c1-20-16(10-26-19(20)25)18(24)22-9-12-7-13(22)8-21(12)17(23)15-6-11-4-2-3-5-14(11)15/h2-5,12-13,15-16H,6-10H2,1H3/t12-,13-,15?,16?/m0/s1. The zero-order valence-corrected chi connectivity index (χ0v) is 14.6. The van der Waals surface area contributed by atoms with E-state index in [9.17, 15) is 14.4 Å². The first-order chi connectivity index (χ1) is 12.5. The molecule has 7 nitrogen and oxygen atoms in total. The van der Waals surface area contributed by atoms with Crippen LogP contribution in [0.15, 0.2) is 24.3 Å². The van der Waals surface area contributed by atoms with Crippen LogP contribution in [-0.4, -0.2) is 77.5 Å². The molecule has 4 atom stereocenters. The number of carbonyl (C=O) groups is 3. The van der Waals surface area contributed by atoms with Crippen molar-refractivity contribution in [3.8, 4) is 0 Å². The first-order valence-corrected chi connectivity index (χ1v) is 9.13. The molecular weight excluding hydrogens is 334 g/mol. The average Bonchev–Trinajstić information content (AvgIpc) is 3.31. The predicted octanol–water partition coefficient (Wildman–Crippen LogP) is 0.589. The number of likely N-dealkylation sites (tertiary alicyclic amines) is 2. The summed E-state index contributed by atoms with van der Waals surface area (Å²) >= 11 is 0. The van der Waals surface area contributed by atoms with Crippen molar-refractivity contribution in [2.45, 2.75) is 36.9 Å². The van der Waals surface area contributed by atoms with Gasteiger partial charge in [0.1, 0.15) is 12.6 Å². The summed E-state index contributed by atoms with van der Waals surface area (Å²) in [6.45, 7) is 1.27. The molecule has 4 aliphatic rings. The van der Waals surface area contributed by atoms with Gasteiger partial charge in [-0.2, -0.15) is 0 Å². The highest BCUT2D eigenvalue weighted by molar-refractivity contribution is 5.90. The molecule has 2 unspecified atom stereocenters. The lowest BCUT2D eigenvalue weighted by atomic mass is 9.76. The van der Waals surface area contributed by atoms with Crippen LogP contribution in [0.3, 0.4) is 0 Å². The van der Waals surface area contributed by atoms with E-state index < -0.39 is 12.1 Å². The molecular formula is C19H21N3O4. The molecule has 0 aromatic heterocycles. The van der Waals surface area contributed by atoms with Crippen LogP contribution in [0.2, 0.25) is 0 Å². The highest BCUT2D eigenvalue weighted by Crippen LogP contribution is 2.40. The van der Waals surface area contributed by atoms with E-state index in [0.29, 0.717) is 13.1 Å². The molecule has 7 heteroatoms. The van der Waals surface area contributed by atoms with Crippen molar-refractivity contribution in [1.29, 1.82) is 0 Å². The van der Waals surface area contributed by atoms with Gasteiger partial charge in [0.2, 0.25) is 11.8 Å². The Balaban J connectivity index is 1.26. The van der Waals surface area contributed by atoms with Crippen LogP contribution in [0, 0.1) is 0 Å². The fraction of sp³-hybridized carbons (Fsp3) is 0.526. The Bertz CT molecular complexity index is 810. The van der Waals surface area contributed by atoms with Crippen molar-refractivity contribution in [3.05, 3.63) is 35.4 Å². The molecule has 1 aliphatic carbocycles. The smallest absolute Gasteiger partial charge is 0.410 e. The number of benzene rings is 1. The highest BCUT2D eigenvalue weighted by atomic mass is 16.6. The zero-order chi connectivity index (χ0) is 18.0. The SMILES string of the molecule is CN1C(=O)OCC1C(=O)N1C[C@@H]2C[C@H]1CN2C(=O)C1Cc2ccccc21. The van der Waals surface area contributed by atoms with Crippen molar-refractivity contribution >= 4 is 17.9 Å². The molecule has 3 saturated heterocycles. The number of carbonyl (C=O) groups excluding carboxylic acids is 3. The number of rotatable bonds is 2. The molecule has 1 aromatic carbocycles. The first-order valence-electron chi connectivity index (χ1n) is 9.13. The zero-order valence-electron chi connectivity index (χ0n) is 14.6. The number of nitrogens with zero attached hydrogens (tertiary/aromatic N) is 3. The van der Waals surface area contributed by atoms with E-state index in [1.165, 1.54) is 10.5 Å². The normalized spacial score (nSPS) is 31.7. The summed E-state index contributed by atoms with van der Waals surface area (Å²) in [4.78, 5) is 42.4. The van der Waals surface area contributed by atoms with Crippen LogP contribution < -0.4 is 0 Å². The third-order valence-corrected chi connectivity index (χ3v) is 6.36. The second-order valence-electron chi connectivity index (χ2n) is 7.68. The molecule has 3 heterocycles. The number of cyclic esters (lactones) is 1. The van der Waals surface area contributed by atoms with Gasteiger partial charge in [0, 0.05) is 20.1 Å². The van der Waals surface area contributed by atoms with Gasteiger partial charge < -0.3 is 14.5 Å². The molecule has 0 radical (unpaired) electrons. The van der Waals surface area contributed by atoms with Gasteiger partial charge in [-0.25, -0.2) is 4.79 Å². The van der Waals surface area contributed by atoms with E-state index in [0.717, 1.165) is 18.4 Å². The fourth-order valence-corrected chi connectivity index (χ4v) is 4.81. The Morgan fingerprint density at radius 3 is 2.38 bits per heavy atom. The number of fused-ring (bicyclic) bond motifs is 3. The molecule has 0 saturated carbocycles. The van der Waals surface area contributed by atoms with Crippen LogP contribution in [0.1, 0.15) is 23.5 Å². The number of ether oxygens (including phenoxy) is 1. The number of likely N-dealkylation sites (N-methyl/N-ethyl adjacent to an activating group) is 1. The molecule has 136 valence electrons. The summed E-state index contributed by atoms with van der Waals surface area (Å²) in [5.41, 5.74) is 2.41. The molecule has 3 fully saturated rings. The molecule has 1 aromatic rings. The lowest BCUT2D eigenvalue weighted by Gasteiger charge is -2.39. The van der Waals surface area contributed by atoms with Crippen molar-refractivity contribution in [1.82, 2.24) is 14.7 Å². The van der Waals surface area contributed by atoms with Crippen LogP contribution in [0.4, 0.5) is 4.79 Å². The number of hydrogen-bond acceptors (Lipinski definition) is 4. The van der Waals surface area contributed by atoms with Gasteiger partial charge in [-0.15, -0.1) is 0 Å². The van der Waals surface area contributed by atoms with Crippen molar-refractivity contribution in [2.75, 3.05) is 26.7 Å². The van der Waals surface area contributed by atoms with E-state index in [4.69, 9.17) is 4.74 Å². The molecule has 3 aliphatic heterocycles. The van der Waals surface area contributed by atoms with Gasteiger partial charge in [0.05, 0.1) is 18.0 Å². The first kappa shape index (κ1) is 15.7. The monoisotopic (exact) mass is 355 g/mol. The fourth-order valence-electron chi connectivity index (χ4n) is 4.81. The molecule has 0 N–H and O–H groups in total. The summed E-state index contributed by atoms with van der Waals surface area (Å²) in [6.07, 6.45) is 1.20. The second-order valence-corrected chi connectivity index (χ2v) is 7.68. The van der Waals surface area contributed by atoms with E-state index in [1.54, 1.807) is 7.05 Å². The molecule has 2 bridgehead atoms. The van der Waals surface area contributed by atoms with Gasteiger partial charge in [-0.1, -0.05) is 24.3 Å². The Morgan fingerprint density at radius 1 is 1.08 bits per heavy atom. The Labute approximate surface area is 151 Å². The van der Waals surface area contributed by atoms with Crippen molar-refractivity contribution in [2.24, 2.45) is 0 Å². The lowest BCUT2D eigenvalue weighted by Crippen LogP contribution is -2.56. The maximum atomic E-state index is 13.0. The van der Waals surface area contributed by atoms with Crippen LogP contribution >= 0.6 is 0 Å². The van der Waals surface area contributed by atoms with Crippen LogP contribution in [0.5, 0.6) is 0 Å². The molecule has 5 rings (SSSR count). The Hall–Kier alpha value is -2.57. The minimum absolute atomic E-state index is 0.0262. The number of hydrogen-bond donors (Lipinski definition) is 0. The maximum Gasteiger partial charge on any atom is 0.410 e. The Morgan fingerprint density at radius 2 is 1.77 bits per heavy atom. The molecule has 3 amide bonds. The summed E-state index contributed by atoms with van der Waals surface area (Å²) in [7, 11) is 1.59. The average molecular weight is 355 g/mol. The van der Waals surface area contributed by atoms with Crippen LogP contribution in [-0.2, 0) is 20.7 Å². The largest absolute Gasteiger partial charge is 0.447 e. The van der Waals surface area contributed by atoms with Crippen molar-refractivity contribution in [3.63, 3.8) is 0 Å². The van der Waals surface area contributed by atoms with E-state index in [1.807, 2.05) is 28.0 Å². The minimum Gasteiger partial charge on any atom is -0.447 e. The molecule has 0 spiro atoms. The second kappa shape index (κ2) is 5.46. The Kier molecular flexibility index (Phi) is 3.29. The van der Waals surface area contributed by atoms with Gasteiger partial charge in [-0.3, -0.25) is 14.5 Å². The molecule has 26 heavy (non-hydrogen) atoms. The highest BCUT2D eigenvalue weighted by Gasteiger charge is 2.51. The lowest BCUT2D eigenvalue weighted by molar-refractivity contribution is -0.143. The number of piperazine rings is 1. The summed E-state index contributed by atoms with van der Waals surface area (Å²) in [5.74, 6) is 0.105. The van der Waals surface area contributed by atoms with Crippen molar-refractivity contribution < 1.29 is 19.1 Å². The quantitative estimate of drug-likeness (QED) is 0.779. The van der Waals surface area contributed by atoms with Gasteiger partial charge in [-0.05, 0) is 24.0 Å².